The maximum Gasteiger partial charge on any atom is 0.255 e. The van der Waals surface area contributed by atoms with Crippen molar-refractivity contribution in [3.63, 3.8) is 0 Å². The zero-order valence-corrected chi connectivity index (χ0v) is 29.2. The number of carbonyl (C=O) groups excluding carboxylic acids is 2. The number of rotatable bonds is 7. The molecule has 8 rings (SSSR count). The molecule has 0 radical (unpaired) electrons. The monoisotopic (exact) mass is 726 g/mol. The smallest absolute Gasteiger partial charge is 0.255 e. The van der Waals surface area contributed by atoms with Crippen molar-refractivity contribution in [2.45, 2.75) is 0 Å². The topological polar surface area (TPSA) is 168 Å². The van der Waals surface area contributed by atoms with Crippen LogP contribution in [0, 0.1) is 0 Å². The van der Waals surface area contributed by atoms with Crippen LogP contribution in [0.3, 0.4) is 0 Å². The third-order valence-electron chi connectivity index (χ3n) is 7.54. The van der Waals surface area contributed by atoms with Gasteiger partial charge in [0.25, 0.3) is 11.1 Å². The molecular formula is C40H31ClN6O6. The molecule has 0 aliphatic carbocycles. The van der Waals surface area contributed by atoms with Crippen LogP contribution in [0.5, 0.6) is 11.5 Å². The molecule has 0 spiro atoms. The summed E-state index contributed by atoms with van der Waals surface area (Å²) < 4.78 is 21.3. The molecule has 0 saturated heterocycles. The number of methoxy groups -OCH3 is 2. The number of nitrogens with zero attached hydrogens (tertiary/aromatic N) is 4. The summed E-state index contributed by atoms with van der Waals surface area (Å²) in [6.07, 6.45) is 6.81. The molecule has 0 aliphatic rings. The van der Waals surface area contributed by atoms with Crippen LogP contribution in [0.4, 0.5) is 11.4 Å². The van der Waals surface area contributed by atoms with Crippen molar-refractivity contribution in [3.05, 3.63) is 145 Å². The zero-order chi connectivity index (χ0) is 37.2. The Bertz CT molecular complexity index is 2450. The van der Waals surface area contributed by atoms with Crippen molar-refractivity contribution in [2.75, 3.05) is 25.3 Å². The third-order valence-corrected chi connectivity index (χ3v) is 7.76. The van der Waals surface area contributed by atoms with Crippen LogP contribution in [0.25, 0.3) is 45.1 Å². The predicted octanol–water partition coefficient (Wildman–Crippen LogP) is 8.70. The number of hydrogen-bond acceptors (Lipinski definition) is 11. The normalized spacial score (nSPS) is 10.4. The summed E-state index contributed by atoms with van der Waals surface area (Å²) in [6, 6.07) is 31.7. The zero-order valence-electron chi connectivity index (χ0n) is 28.4. The number of ether oxygens (including phenoxy) is 2. The number of aromatic nitrogens is 4. The highest BCUT2D eigenvalue weighted by Gasteiger charge is 2.12. The Morgan fingerprint density at radius 2 is 1.17 bits per heavy atom. The highest BCUT2D eigenvalue weighted by molar-refractivity contribution is 6.67. The fourth-order valence-corrected chi connectivity index (χ4v) is 4.97. The molecule has 0 bridgehead atoms. The van der Waals surface area contributed by atoms with E-state index in [1.165, 1.54) is 0 Å². The van der Waals surface area contributed by atoms with Gasteiger partial charge in [-0.25, -0.2) is 9.97 Å². The van der Waals surface area contributed by atoms with Crippen LogP contribution < -0.4 is 20.5 Å². The van der Waals surface area contributed by atoms with Gasteiger partial charge in [-0.15, -0.1) is 0 Å². The molecule has 4 heterocycles. The van der Waals surface area contributed by atoms with E-state index in [1.807, 2.05) is 30.3 Å². The highest BCUT2D eigenvalue weighted by Crippen LogP contribution is 2.27. The van der Waals surface area contributed by atoms with E-state index in [0.29, 0.717) is 56.9 Å². The molecule has 53 heavy (non-hydrogen) atoms. The molecule has 4 aromatic carbocycles. The summed E-state index contributed by atoms with van der Waals surface area (Å²) in [7, 11) is 3.15. The first-order valence-electron chi connectivity index (χ1n) is 16.0. The Morgan fingerprint density at radius 1 is 0.660 bits per heavy atom. The largest absolute Gasteiger partial charge is 0.497 e. The molecule has 13 heteroatoms. The number of benzene rings is 4. The van der Waals surface area contributed by atoms with Gasteiger partial charge in [-0.3, -0.25) is 19.6 Å². The number of nitrogen functional groups attached to an aromatic ring is 1. The molecule has 3 N–H and O–H groups in total. The predicted molar refractivity (Wildman–Crippen MR) is 203 cm³/mol. The Morgan fingerprint density at radius 3 is 1.66 bits per heavy atom. The number of fused-ring (bicyclic) bond motifs is 2. The van der Waals surface area contributed by atoms with Crippen molar-refractivity contribution >= 4 is 56.3 Å². The van der Waals surface area contributed by atoms with E-state index in [-0.39, 0.29) is 5.91 Å². The van der Waals surface area contributed by atoms with Crippen molar-refractivity contribution in [1.82, 2.24) is 19.9 Å². The van der Waals surface area contributed by atoms with Crippen LogP contribution in [0.2, 0.25) is 0 Å². The summed E-state index contributed by atoms with van der Waals surface area (Å²) in [5, 5.41) is 2.41. The molecule has 0 saturated carbocycles. The van der Waals surface area contributed by atoms with Gasteiger partial charge < -0.3 is 29.4 Å². The van der Waals surface area contributed by atoms with Crippen molar-refractivity contribution in [1.29, 1.82) is 0 Å². The summed E-state index contributed by atoms with van der Waals surface area (Å²) in [5.41, 5.74) is 12.5. The van der Waals surface area contributed by atoms with Gasteiger partial charge in [-0.2, -0.15) is 0 Å². The Labute approximate surface area is 308 Å². The lowest BCUT2D eigenvalue weighted by atomic mass is 10.2. The van der Waals surface area contributed by atoms with Crippen LogP contribution in [-0.4, -0.2) is 45.3 Å². The molecule has 0 atom stereocenters. The maximum absolute atomic E-state index is 12.4. The minimum absolute atomic E-state index is 0.206. The van der Waals surface area contributed by atoms with Crippen LogP contribution in [0.15, 0.2) is 143 Å². The van der Waals surface area contributed by atoms with Gasteiger partial charge in [0.2, 0.25) is 11.8 Å². The number of carbonyl (C=O) groups is 2. The number of hydrogen-bond donors (Lipinski definition) is 2. The average Bonchev–Trinajstić information content (AvgIpc) is 3.83. The second kappa shape index (κ2) is 16.8. The van der Waals surface area contributed by atoms with E-state index in [1.54, 1.807) is 118 Å². The Balaban J connectivity index is 0.000000151. The summed E-state index contributed by atoms with van der Waals surface area (Å²) >= 11 is 5.22. The third kappa shape index (κ3) is 9.20. The summed E-state index contributed by atoms with van der Waals surface area (Å²) in [6.45, 7) is 0. The Kier molecular flexibility index (Phi) is 11.3. The molecule has 12 nitrogen and oxygen atoms in total. The number of pyridine rings is 2. The van der Waals surface area contributed by atoms with E-state index in [9.17, 15) is 9.59 Å². The minimum Gasteiger partial charge on any atom is -0.497 e. The van der Waals surface area contributed by atoms with E-state index in [0.717, 1.165) is 22.2 Å². The van der Waals surface area contributed by atoms with Gasteiger partial charge in [0, 0.05) is 47.3 Å². The van der Waals surface area contributed by atoms with Gasteiger partial charge in [0.1, 0.15) is 22.5 Å². The SMILES string of the molecule is COc1ccc(C(=O)Cl)cc1.COc1ccc(C(=O)Nc2ccc3oc(-c4cccnc4)nc3c2)cc1.Nc1ccc2oc(-c3cccnc3)nc2c1. The second-order valence-electron chi connectivity index (χ2n) is 11.1. The van der Waals surface area contributed by atoms with Crippen LogP contribution in [0.1, 0.15) is 20.7 Å². The van der Waals surface area contributed by atoms with Crippen molar-refractivity contribution in [3.8, 4) is 34.4 Å². The maximum atomic E-state index is 12.4. The molecule has 0 unspecified atom stereocenters. The number of oxazole rings is 2. The fraction of sp³-hybridized carbons (Fsp3) is 0.0500. The van der Waals surface area contributed by atoms with E-state index in [2.05, 4.69) is 25.3 Å². The molecule has 264 valence electrons. The standard InChI is InChI=1S/C20H15N3O3.C12H9N3O.C8H7ClO2/c1-25-16-7-4-13(5-8-16)19(24)22-15-6-9-18-17(11-15)23-20(26-18)14-3-2-10-21-12-14;13-9-3-4-11-10(6-9)15-12(16-11)8-2-1-5-14-7-8;1-11-7-4-2-6(3-5-7)8(9)10/h2-12H,1H3,(H,22,24);1-7H,13H2;2-5H,1H3. The summed E-state index contributed by atoms with van der Waals surface area (Å²) in [4.78, 5) is 39.9. The van der Waals surface area contributed by atoms with Gasteiger partial charge in [0.05, 0.1) is 25.3 Å². The van der Waals surface area contributed by atoms with Crippen LogP contribution in [-0.2, 0) is 0 Å². The fourth-order valence-electron chi connectivity index (χ4n) is 4.84. The van der Waals surface area contributed by atoms with Crippen molar-refractivity contribution < 1.29 is 27.9 Å². The lowest BCUT2D eigenvalue weighted by molar-refractivity contribution is 0.102. The molecule has 0 fully saturated rings. The van der Waals surface area contributed by atoms with Crippen molar-refractivity contribution in [2.24, 2.45) is 0 Å². The highest BCUT2D eigenvalue weighted by atomic mass is 35.5. The van der Waals surface area contributed by atoms with Gasteiger partial charge >= 0.3 is 0 Å². The first kappa shape index (κ1) is 35.8. The molecule has 1 amide bonds. The Hall–Kier alpha value is -7.05. The first-order chi connectivity index (χ1) is 25.8. The quantitative estimate of drug-likeness (QED) is 0.119. The number of nitrogens with one attached hydrogen (secondary N) is 1. The van der Waals surface area contributed by atoms with Gasteiger partial charge in [-0.1, -0.05) is 0 Å². The molecule has 8 aromatic rings. The minimum atomic E-state index is -0.451. The number of nitrogens with two attached hydrogens (primary N) is 1. The molecule has 0 aliphatic heterocycles. The lowest BCUT2D eigenvalue weighted by Gasteiger charge is -2.06. The number of halogens is 1. The number of amides is 1. The van der Waals surface area contributed by atoms with E-state index in [4.69, 9.17) is 35.6 Å². The van der Waals surface area contributed by atoms with Crippen LogP contribution >= 0.6 is 11.6 Å². The first-order valence-corrected chi connectivity index (χ1v) is 16.3. The molecular weight excluding hydrogens is 696 g/mol. The molecule has 4 aromatic heterocycles. The second-order valence-corrected chi connectivity index (χ2v) is 11.5. The van der Waals surface area contributed by atoms with Gasteiger partial charge in [0.15, 0.2) is 11.2 Å². The average molecular weight is 727 g/mol. The van der Waals surface area contributed by atoms with E-state index >= 15 is 0 Å². The van der Waals surface area contributed by atoms with Gasteiger partial charge in [-0.05, 0) is 121 Å². The number of anilines is 2. The lowest BCUT2D eigenvalue weighted by Crippen LogP contribution is -2.11. The van der Waals surface area contributed by atoms with E-state index < -0.39 is 5.24 Å². The summed E-state index contributed by atoms with van der Waals surface area (Å²) in [5.74, 6) is 2.27.